The highest BCUT2D eigenvalue weighted by atomic mass is 16.4. The van der Waals surface area contributed by atoms with Crippen LogP contribution in [-0.2, 0) is 4.79 Å². The molecule has 8 N–H and O–H groups in total. The standard InChI is InChI=1S/C43H68N4O5/c1-2-3-5-8-28-11-12-31(40(49)21-28)9-6-4-7-10-36(42(50)51)39(48)13-16-43(52)27-30(19-29-14-17-46-41(44)22-29)20-34(43)25-35-24-33-23-32-15-18-45-37(32)26-38(33)47-35/h11-12,15,18,24,28-32,34,36,38-41,46,48-49,52H,2-10,13-14,16-17,19-23,25-27,44H2,1H3,(H,50,51)/p+1/t28-,29?,30-,31+,32?,34-,36-,38?,39+,40+,41?,43-/m0/s1. The zero-order chi connectivity index (χ0) is 36.7. The number of rotatable bonds is 19. The summed E-state index contributed by atoms with van der Waals surface area (Å²) in [4.78, 5) is 20.8. The molecule has 290 valence electrons. The molecule has 0 radical (unpaired) electrons. The third-order valence-electron chi connectivity index (χ3n) is 13.8. The Labute approximate surface area is 312 Å². The van der Waals surface area contributed by atoms with Gasteiger partial charge in [-0.1, -0.05) is 57.6 Å². The Morgan fingerprint density at radius 2 is 1.92 bits per heavy atom. The van der Waals surface area contributed by atoms with Crippen LogP contribution in [0.3, 0.4) is 0 Å². The highest BCUT2D eigenvalue weighted by Gasteiger charge is 2.47. The first kappa shape index (κ1) is 39.5. The van der Waals surface area contributed by atoms with Gasteiger partial charge in [0, 0.05) is 29.9 Å². The van der Waals surface area contributed by atoms with Gasteiger partial charge < -0.3 is 30.5 Å². The van der Waals surface area contributed by atoms with E-state index in [1.54, 1.807) is 0 Å². The van der Waals surface area contributed by atoms with Crippen molar-refractivity contribution in [1.29, 1.82) is 0 Å². The number of carboxylic acid groups (broad SMARTS) is 1. The molecule has 9 nitrogen and oxygen atoms in total. The molecule has 0 aromatic rings. The van der Waals surface area contributed by atoms with Gasteiger partial charge in [0.05, 0.1) is 42.7 Å². The van der Waals surface area contributed by atoms with Crippen molar-refractivity contribution in [1.82, 2.24) is 0 Å². The van der Waals surface area contributed by atoms with Gasteiger partial charge in [-0.25, -0.2) is 4.99 Å². The zero-order valence-corrected chi connectivity index (χ0v) is 31.8. The number of aliphatic carboxylic acids is 1. The van der Waals surface area contributed by atoms with E-state index >= 15 is 0 Å². The minimum atomic E-state index is -1.20. The van der Waals surface area contributed by atoms with Gasteiger partial charge in [0.1, 0.15) is 6.17 Å². The van der Waals surface area contributed by atoms with E-state index in [0.717, 1.165) is 89.3 Å². The Morgan fingerprint density at radius 3 is 2.71 bits per heavy atom. The average Bonchev–Trinajstić information content (AvgIpc) is 3.81. The number of nitrogens with one attached hydrogen (secondary N) is 1. The van der Waals surface area contributed by atoms with Crippen LogP contribution in [-0.4, -0.2) is 69.3 Å². The lowest BCUT2D eigenvalue weighted by Crippen LogP contribution is -2.94. The summed E-state index contributed by atoms with van der Waals surface area (Å²) in [6.45, 7) is 3.27. The topological polar surface area (TPSA) is 170 Å². The largest absolute Gasteiger partial charge is 0.550 e. The SMILES string of the molecule is CCCCC[C@H]1C=C[C@@H](CCCCC[C@H](C(=O)[O-])[C@H](O)CC[C@]2(O)C[C@@H](CC3CC[NH2+]C(N)C3)C[C@H]2CC2=NC3CC4=[NH+]C=CC4CC3=C2)[C@H](O)C1. The van der Waals surface area contributed by atoms with Gasteiger partial charge in [0.15, 0.2) is 11.9 Å². The van der Waals surface area contributed by atoms with E-state index in [2.05, 4.69) is 41.5 Å². The molecule has 6 aliphatic rings. The molecule has 12 atom stereocenters. The van der Waals surface area contributed by atoms with Gasteiger partial charge in [-0.15, -0.1) is 0 Å². The highest BCUT2D eigenvalue weighted by molar-refractivity contribution is 6.00. The average molecular weight is 722 g/mol. The summed E-state index contributed by atoms with van der Waals surface area (Å²) in [6.07, 6.45) is 27.4. The molecule has 52 heavy (non-hydrogen) atoms. The Kier molecular flexibility index (Phi) is 14.0. The van der Waals surface area contributed by atoms with Gasteiger partial charge in [-0.05, 0) is 118 Å². The third kappa shape index (κ3) is 10.3. The van der Waals surface area contributed by atoms with Crippen molar-refractivity contribution in [2.45, 2.75) is 165 Å². The Bertz CT molecular complexity index is 1360. The molecule has 3 aliphatic carbocycles. The number of aliphatic hydroxyl groups is 3. The minimum Gasteiger partial charge on any atom is -0.550 e. The molecule has 6 rings (SSSR count). The minimum absolute atomic E-state index is 0.0201. The summed E-state index contributed by atoms with van der Waals surface area (Å²) in [5, 5.41) is 48.8. The second kappa shape index (κ2) is 18.4. The molecule has 2 saturated carbocycles. The maximum absolute atomic E-state index is 12.4. The fraction of sp³-hybridized carbons (Fsp3) is 0.791. The molecule has 0 bridgehead atoms. The van der Waals surface area contributed by atoms with Crippen molar-refractivity contribution >= 4 is 17.4 Å². The second-order valence-corrected chi connectivity index (χ2v) is 17.8. The number of carboxylic acids is 1. The number of hydrogen-bond donors (Lipinski definition) is 6. The van der Waals surface area contributed by atoms with Crippen LogP contribution in [0.2, 0.25) is 0 Å². The molecule has 3 aliphatic heterocycles. The van der Waals surface area contributed by atoms with Gasteiger partial charge in [-0.2, -0.15) is 0 Å². The van der Waals surface area contributed by atoms with Gasteiger partial charge in [-0.3, -0.25) is 10.7 Å². The quantitative estimate of drug-likeness (QED) is 0.0885. The lowest BCUT2D eigenvalue weighted by Gasteiger charge is -2.33. The van der Waals surface area contributed by atoms with Gasteiger partial charge in [0.25, 0.3) is 0 Å². The normalized spacial score (nSPS) is 36.6. The van der Waals surface area contributed by atoms with Crippen LogP contribution < -0.4 is 21.1 Å². The summed E-state index contributed by atoms with van der Waals surface area (Å²) in [7, 11) is 0. The van der Waals surface area contributed by atoms with Crippen LogP contribution in [0.5, 0.6) is 0 Å². The first-order valence-electron chi connectivity index (χ1n) is 21.2. The van der Waals surface area contributed by atoms with Gasteiger partial charge in [0.2, 0.25) is 0 Å². The molecular weight excluding hydrogens is 652 g/mol. The first-order chi connectivity index (χ1) is 25.1. The molecule has 0 spiro atoms. The van der Waals surface area contributed by atoms with E-state index in [4.69, 9.17) is 10.7 Å². The number of allylic oxidation sites excluding steroid dienone is 3. The van der Waals surface area contributed by atoms with Crippen molar-refractivity contribution in [3.05, 3.63) is 36.1 Å². The van der Waals surface area contributed by atoms with Crippen molar-refractivity contribution in [2.24, 2.45) is 52.2 Å². The molecule has 4 unspecified atom stereocenters. The van der Waals surface area contributed by atoms with Crippen molar-refractivity contribution in [3.8, 4) is 0 Å². The Morgan fingerprint density at radius 1 is 1.08 bits per heavy atom. The van der Waals surface area contributed by atoms with Crippen molar-refractivity contribution in [3.63, 3.8) is 0 Å². The third-order valence-corrected chi connectivity index (χ3v) is 13.8. The van der Waals surface area contributed by atoms with Crippen LogP contribution in [0, 0.1) is 41.4 Å². The summed E-state index contributed by atoms with van der Waals surface area (Å²) in [5.41, 5.74) is 9.16. The fourth-order valence-corrected chi connectivity index (χ4v) is 10.8. The number of hydrogen-bond acceptors (Lipinski definition) is 7. The number of fused-ring (bicyclic) bond motifs is 2. The van der Waals surface area contributed by atoms with Crippen LogP contribution in [0.4, 0.5) is 0 Å². The summed E-state index contributed by atoms with van der Waals surface area (Å²) < 4.78 is 0. The van der Waals surface area contributed by atoms with Crippen LogP contribution in [0.25, 0.3) is 0 Å². The Hall–Kier alpha value is -2.17. The zero-order valence-electron chi connectivity index (χ0n) is 31.8. The van der Waals surface area contributed by atoms with E-state index in [-0.39, 0.29) is 36.6 Å². The first-order valence-corrected chi connectivity index (χ1v) is 21.2. The summed E-state index contributed by atoms with van der Waals surface area (Å²) >= 11 is 0. The van der Waals surface area contributed by atoms with Crippen molar-refractivity contribution in [2.75, 3.05) is 6.54 Å². The maximum Gasteiger partial charge on any atom is 0.165 e. The van der Waals surface area contributed by atoms with Gasteiger partial charge >= 0.3 is 0 Å². The van der Waals surface area contributed by atoms with E-state index < -0.39 is 23.6 Å². The predicted octanol–water partition coefficient (Wildman–Crippen LogP) is 2.58. The van der Waals surface area contributed by atoms with E-state index in [9.17, 15) is 25.2 Å². The number of nitrogens with zero attached hydrogens (tertiary/aromatic N) is 1. The van der Waals surface area contributed by atoms with Crippen LogP contribution >= 0.6 is 0 Å². The van der Waals surface area contributed by atoms with E-state index in [0.29, 0.717) is 49.4 Å². The molecule has 0 amide bonds. The Balaban J connectivity index is 1.00. The number of carbonyl (C=O) groups excluding carboxylic acids is 1. The van der Waals surface area contributed by atoms with Crippen LogP contribution in [0.15, 0.2) is 41.1 Å². The number of nitrogens with two attached hydrogens (primary N) is 2. The lowest BCUT2D eigenvalue weighted by atomic mass is 9.80. The number of piperidine rings is 1. The molecule has 0 aromatic heterocycles. The predicted molar refractivity (Wildman–Crippen MR) is 203 cm³/mol. The molecule has 3 fully saturated rings. The summed E-state index contributed by atoms with van der Waals surface area (Å²) in [6, 6.07) is 0.196. The number of aliphatic imine (C=N–C) groups is 1. The molecule has 3 heterocycles. The molecule has 9 heteroatoms. The second-order valence-electron chi connectivity index (χ2n) is 17.8. The smallest absolute Gasteiger partial charge is 0.165 e. The molecular formula is C43H69N4O5+. The fourth-order valence-electron chi connectivity index (χ4n) is 10.8. The monoisotopic (exact) mass is 722 g/mol. The van der Waals surface area contributed by atoms with E-state index in [1.807, 2.05) is 6.20 Å². The number of aliphatic hydroxyl groups excluding tert-OH is 2. The molecule has 0 aromatic carbocycles. The number of quaternary nitrogens is 1. The highest BCUT2D eigenvalue weighted by Crippen LogP contribution is 2.48. The van der Waals surface area contributed by atoms with Crippen LogP contribution in [0.1, 0.15) is 135 Å². The van der Waals surface area contributed by atoms with E-state index in [1.165, 1.54) is 30.5 Å². The lowest BCUT2D eigenvalue weighted by molar-refractivity contribution is -0.699. The maximum atomic E-state index is 12.4. The van der Waals surface area contributed by atoms with Crippen molar-refractivity contribution < 1.29 is 35.5 Å². The summed E-state index contributed by atoms with van der Waals surface area (Å²) in [5.74, 6) is -0.0773. The number of carbonyl (C=O) groups is 1. The number of unbranched alkanes of at least 4 members (excludes halogenated alkanes) is 4. The molecule has 1 saturated heterocycles.